The average Bonchev–Trinajstić information content (AvgIpc) is 2.83. The Hall–Kier alpha value is -0.0500. The summed E-state index contributed by atoms with van der Waals surface area (Å²) in [6.07, 6.45) is 0. The molecule has 1 aromatic rings. The molecule has 0 aliphatic carbocycles. The third kappa shape index (κ3) is 2.46. The maximum atomic E-state index is 5.89. The number of hydrogen-bond acceptors (Lipinski definition) is 1. The number of halogens is 2. The summed E-state index contributed by atoms with van der Waals surface area (Å²) in [4.78, 5) is 2.42. The number of rotatable bonds is 3. The fourth-order valence-corrected chi connectivity index (χ4v) is 2.26. The molecule has 0 radical (unpaired) electrons. The van der Waals surface area contributed by atoms with E-state index < -0.39 is 0 Å². The average molecular weight is 261 g/mol. The third-order valence-electron chi connectivity index (χ3n) is 2.28. The van der Waals surface area contributed by atoms with Gasteiger partial charge in [0.15, 0.2) is 0 Å². The van der Waals surface area contributed by atoms with Gasteiger partial charge < -0.3 is 0 Å². The summed E-state index contributed by atoms with van der Waals surface area (Å²) in [5.41, 5.74) is 1.30. The normalized spacial score (nSPS) is 26.0. The summed E-state index contributed by atoms with van der Waals surface area (Å²) in [6, 6.07) is 8.80. The minimum absolute atomic E-state index is 0.735. The summed E-state index contributed by atoms with van der Waals surface area (Å²) < 4.78 is 0. The zero-order valence-electron chi connectivity index (χ0n) is 7.21. The molecule has 1 heterocycles. The Morgan fingerprint density at radius 1 is 1.54 bits per heavy atom. The summed E-state index contributed by atoms with van der Waals surface area (Å²) in [5, 5.41) is 1.91. The molecule has 2 rings (SSSR count). The lowest BCUT2D eigenvalue weighted by Crippen LogP contribution is -2.02. The Bertz CT molecular complexity index is 303. The Kier molecular flexibility index (Phi) is 2.92. The van der Waals surface area contributed by atoms with Crippen molar-refractivity contribution in [3.8, 4) is 0 Å². The molecule has 13 heavy (non-hydrogen) atoms. The van der Waals surface area contributed by atoms with Gasteiger partial charge in [0.2, 0.25) is 0 Å². The Balaban J connectivity index is 1.95. The maximum Gasteiger partial charge on any atom is 0.0409 e. The van der Waals surface area contributed by atoms with Crippen molar-refractivity contribution in [2.24, 2.45) is 0 Å². The first-order valence-corrected chi connectivity index (χ1v) is 5.84. The number of nitrogens with zero attached hydrogens (tertiary/aromatic N) is 1. The zero-order chi connectivity index (χ0) is 9.26. The summed E-state index contributed by atoms with van der Waals surface area (Å²) in [7, 11) is 0. The van der Waals surface area contributed by atoms with E-state index >= 15 is 0 Å². The standard InChI is InChI=1S/C10H11BrClN/c11-5-10-7-13(10)6-8-2-1-3-9(12)4-8/h1-4,10H,5-7H2/t10-,13?/m0/s1. The molecule has 0 bridgehead atoms. The molecule has 0 aromatic heterocycles. The van der Waals surface area contributed by atoms with Gasteiger partial charge in [0.1, 0.15) is 0 Å². The third-order valence-corrected chi connectivity index (χ3v) is 3.26. The lowest BCUT2D eigenvalue weighted by atomic mass is 10.2. The molecule has 70 valence electrons. The molecule has 0 N–H and O–H groups in total. The second-order valence-electron chi connectivity index (χ2n) is 3.37. The van der Waals surface area contributed by atoms with Gasteiger partial charge in [-0.3, -0.25) is 4.90 Å². The van der Waals surface area contributed by atoms with Crippen LogP contribution in [0.15, 0.2) is 24.3 Å². The summed E-state index contributed by atoms with van der Waals surface area (Å²) in [5.74, 6) is 0. The molecule has 1 aromatic carbocycles. The highest BCUT2D eigenvalue weighted by Gasteiger charge is 2.32. The van der Waals surface area contributed by atoms with E-state index in [1.807, 2.05) is 18.2 Å². The minimum atomic E-state index is 0.735. The molecular formula is C10H11BrClN. The van der Waals surface area contributed by atoms with Crippen LogP contribution in [0.4, 0.5) is 0 Å². The first-order valence-electron chi connectivity index (χ1n) is 4.34. The molecule has 3 heteroatoms. The highest BCUT2D eigenvalue weighted by atomic mass is 79.9. The Morgan fingerprint density at radius 2 is 2.38 bits per heavy atom. The predicted octanol–water partition coefficient (Wildman–Crippen LogP) is 2.92. The molecule has 1 aliphatic rings. The fraction of sp³-hybridized carbons (Fsp3) is 0.400. The van der Waals surface area contributed by atoms with Crippen molar-refractivity contribution in [2.45, 2.75) is 12.6 Å². The second-order valence-corrected chi connectivity index (χ2v) is 4.45. The molecule has 1 nitrogen and oxygen atoms in total. The molecule has 1 unspecified atom stereocenters. The second kappa shape index (κ2) is 3.99. The molecule has 0 saturated carbocycles. The van der Waals surface area contributed by atoms with E-state index in [4.69, 9.17) is 11.6 Å². The topological polar surface area (TPSA) is 3.01 Å². The van der Waals surface area contributed by atoms with Crippen molar-refractivity contribution in [3.05, 3.63) is 34.9 Å². The van der Waals surface area contributed by atoms with Crippen LogP contribution >= 0.6 is 27.5 Å². The van der Waals surface area contributed by atoms with Crippen LogP contribution in [-0.4, -0.2) is 22.8 Å². The molecule has 1 saturated heterocycles. The van der Waals surface area contributed by atoms with Crippen LogP contribution in [-0.2, 0) is 6.54 Å². The van der Waals surface area contributed by atoms with Crippen LogP contribution in [0.5, 0.6) is 0 Å². The molecule has 1 fully saturated rings. The summed E-state index contributed by atoms with van der Waals surface area (Å²) in [6.45, 7) is 2.23. The number of benzene rings is 1. The van der Waals surface area contributed by atoms with Crippen LogP contribution in [0.1, 0.15) is 5.56 Å². The van der Waals surface area contributed by atoms with E-state index in [-0.39, 0.29) is 0 Å². The van der Waals surface area contributed by atoms with Crippen molar-refractivity contribution in [1.29, 1.82) is 0 Å². The highest BCUT2D eigenvalue weighted by molar-refractivity contribution is 9.09. The largest absolute Gasteiger partial charge is 0.292 e. The van der Waals surface area contributed by atoms with E-state index in [0.717, 1.165) is 22.9 Å². The Morgan fingerprint density at radius 3 is 3.00 bits per heavy atom. The van der Waals surface area contributed by atoms with E-state index in [9.17, 15) is 0 Å². The Labute approximate surface area is 91.8 Å². The first kappa shape index (κ1) is 9.50. The zero-order valence-corrected chi connectivity index (χ0v) is 9.55. The molecule has 1 aliphatic heterocycles. The lowest BCUT2D eigenvalue weighted by Gasteiger charge is -2.02. The van der Waals surface area contributed by atoms with Crippen molar-refractivity contribution >= 4 is 27.5 Å². The van der Waals surface area contributed by atoms with Crippen molar-refractivity contribution < 1.29 is 0 Å². The van der Waals surface area contributed by atoms with E-state index in [2.05, 4.69) is 26.9 Å². The summed E-state index contributed by atoms with van der Waals surface area (Å²) >= 11 is 9.37. The quantitative estimate of drug-likeness (QED) is 0.596. The predicted molar refractivity (Wildman–Crippen MR) is 59.4 cm³/mol. The van der Waals surface area contributed by atoms with Gasteiger partial charge in [-0.05, 0) is 17.7 Å². The molecular weight excluding hydrogens is 249 g/mol. The SMILES string of the molecule is Clc1cccc(CN2C[C@@H]2CBr)c1. The van der Waals surface area contributed by atoms with Crippen molar-refractivity contribution in [3.63, 3.8) is 0 Å². The van der Waals surface area contributed by atoms with Gasteiger partial charge in [-0.15, -0.1) is 0 Å². The van der Waals surface area contributed by atoms with E-state index in [1.54, 1.807) is 0 Å². The van der Waals surface area contributed by atoms with Crippen molar-refractivity contribution in [1.82, 2.24) is 4.90 Å². The lowest BCUT2D eigenvalue weighted by molar-refractivity contribution is 0.518. The molecule has 0 amide bonds. The van der Waals surface area contributed by atoms with E-state index in [1.165, 1.54) is 12.1 Å². The monoisotopic (exact) mass is 259 g/mol. The maximum absolute atomic E-state index is 5.89. The smallest absolute Gasteiger partial charge is 0.0409 e. The van der Waals surface area contributed by atoms with Crippen LogP contribution in [0.25, 0.3) is 0 Å². The van der Waals surface area contributed by atoms with Gasteiger partial charge in [0.25, 0.3) is 0 Å². The molecule has 0 spiro atoms. The van der Waals surface area contributed by atoms with Crippen LogP contribution in [0, 0.1) is 0 Å². The van der Waals surface area contributed by atoms with Crippen LogP contribution < -0.4 is 0 Å². The number of hydrogen-bond donors (Lipinski definition) is 0. The number of alkyl halides is 1. The van der Waals surface area contributed by atoms with Crippen LogP contribution in [0.2, 0.25) is 5.02 Å². The van der Waals surface area contributed by atoms with Gasteiger partial charge >= 0.3 is 0 Å². The van der Waals surface area contributed by atoms with Gasteiger partial charge in [-0.2, -0.15) is 0 Å². The first-order chi connectivity index (χ1) is 6.29. The fourth-order valence-electron chi connectivity index (χ4n) is 1.43. The molecule has 2 atom stereocenters. The van der Waals surface area contributed by atoms with Gasteiger partial charge in [-0.25, -0.2) is 0 Å². The minimum Gasteiger partial charge on any atom is -0.292 e. The van der Waals surface area contributed by atoms with Crippen LogP contribution in [0.3, 0.4) is 0 Å². The van der Waals surface area contributed by atoms with E-state index in [0.29, 0.717) is 0 Å². The highest BCUT2D eigenvalue weighted by Crippen LogP contribution is 2.23. The van der Waals surface area contributed by atoms with Gasteiger partial charge in [0, 0.05) is 29.5 Å². The van der Waals surface area contributed by atoms with Gasteiger partial charge in [-0.1, -0.05) is 39.7 Å². The van der Waals surface area contributed by atoms with Crippen molar-refractivity contribution in [2.75, 3.05) is 11.9 Å². The van der Waals surface area contributed by atoms with Gasteiger partial charge in [0.05, 0.1) is 0 Å².